The van der Waals surface area contributed by atoms with Crippen LogP contribution >= 0.6 is 34.8 Å². The number of hydrogen-bond acceptors (Lipinski definition) is 1. The van der Waals surface area contributed by atoms with Gasteiger partial charge < -0.3 is 0 Å². The minimum absolute atomic E-state index is 0.518. The van der Waals surface area contributed by atoms with Gasteiger partial charge in [0.2, 0.25) is 0 Å². The molecule has 0 atom stereocenters. The second kappa shape index (κ2) is 4.40. The molecule has 0 saturated heterocycles. The average molecular weight is 259 g/mol. The van der Waals surface area contributed by atoms with Gasteiger partial charge in [-0.15, -0.1) is 0 Å². The monoisotopic (exact) mass is 257 g/mol. The molecule has 0 radical (unpaired) electrons. The van der Waals surface area contributed by atoms with E-state index < -0.39 is 0 Å². The molecule has 0 aliphatic rings. The van der Waals surface area contributed by atoms with E-state index in [0.29, 0.717) is 20.8 Å². The molecule has 4 heteroatoms. The van der Waals surface area contributed by atoms with Gasteiger partial charge in [-0.05, 0) is 18.2 Å². The van der Waals surface area contributed by atoms with Crippen LogP contribution < -0.4 is 0 Å². The summed E-state index contributed by atoms with van der Waals surface area (Å²) in [6.07, 6.45) is 1.56. The van der Waals surface area contributed by atoms with Crippen molar-refractivity contribution < 1.29 is 0 Å². The first kappa shape index (κ1) is 10.7. The highest BCUT2D eigenvalue weighted by atomic mass is 35.5. The van der Waals surface area contributed by atoms with E-state index in [1.807, 2.05) is 18.2 Å². The first-order valence-corrected chi connectivity index (χ1v) is 5.37. The Morgan fingerprint density at radius 3 is 2.40 bits per heavy atom. The van der Waals surface area contributed by atoms with Crippen molar-refractivity contribution in [3.63, 3.8) is 0 Å². The molecule has 15 heavy (non-hydrogen) atoms. The van der Waals surface area contributed by atoms with Crippen molar-refractivity contribution in [3.05, 3.63) is 51.6 Å². The van der Waals surface area contributed by atoms with Crippen molar-refractivity contribution in [3.8, 4) is 11.3 Å². The molecule has 76 valence electrons. The third-order valence-corrected chi connectivity index (χ3v) is 2.64. The lowest BCUT2D eigenvalue weighted by Gasteiger charge is -2.03. The van der Waals surface area contributed by atoms with Gasteiger partial charge in [-0.3, -0.25) is 4.98 Å². The summed E-state index contributed by atoms with van der Waals surface area (Å²) in [7, 11) is 0. The van der Waals surface area contributed by atoms with Crippen molar-refractivity contribution in [2.45, 2.75) is 0 Å². The first-order valence-electron chi connectivity index (χ1n) is 4.24. The summed E-state index contributed by atoms with van der Waals surface area (Å²) in [4.78, 5) is 4.17. The zero-order valence-electron chi connectivity index (χ0n) is 7.55. The zero-order valence-corrected chi connectivity index (χ0v) is 9.81. The Hall–Kier alpha value is -0.760. The van der Waals surface area contributed by atoms with Crippen LogP contribution in [0, 0.1) is 0 Å². The summed E-state index contributed by atoms with van der Waals surface area (Å²) in [5, 5.41) is 1.69. The van der Waals surface area contributed by atoms with Gasteiger partial charge in [0.25, 0.3) is 0 Å². The molecular weight excluding hydrogens is 252 g/mol. The second-order valence-electron chi connectivity index (χ2n) is 2.99. The van der Waals surface area contributed by atoms with E-state index in [9.17, 15) is 0 Å². The van der Waals surface area contributed by atoms with E-state index >= 15 is 0 Å². The van der Waals surface area contributed by atoms with Crippen molar-refractivity contribution in [2.75, 3.05) is 0 Å². The number of rotatable bonds is 1. The zero-order chi connectivity index (χ0) is 10.8. The quantitative estimate of drug-likeness (QED) is 0.722. The summed E-state index contributed by atoms with van der Waals surface area (Å²) in [6, 6.07) is 9.02. The van der Waals surface area contributed by atoms with Crippen LogP contribution in [-0.2, 0) is 0 Å². The van der Waals surface area contributed by atoms with E-state index in [2.05, 4.69) is 4.98 Å². The van der Waals surface area contributed by atoms with E-state index in [1.165, 1.54) is 0 Å². The Labute approximate surface area is 103 Å². The van der Waals surface area contributed by atoms with Gasteiger partial charge in [0.05, 0.1) is 15.7 Å². The molecule has 0 aliphatic carbocycles. The molecule has 2 aromatic rings. The summed E-state index contributed by atoms with van der Waals surface area (Å²) >= 11 is 17.7. The number of nitrogens with zero attached hydrogens (tertiary/aromatic N) is 1. The fraction of sp³-hybridized carbons (Fsp3) is 0. The lowest BCUT2D eigenvalue weighted by molar-refractivity contribution is 1.33. The van der Waals surface area contributed by atoms with Crippen LogP contribution in [0.4, 0.5) is 0 Å². The molecule has 1 nitrogen and oxygen atoms in total. The molecule has 0 amide bonds. The van der Waals surface area contributed by atoms with Crippen molar-refractivity contribution in [1.82, 2.24) is 4.98 Å². The van der Waals surface area contributed by atoms with Gasteiger partial charge in [0, 0.05) is 16.8 Å². The van der Waals surface area contributed by atoms with Crippen molar-refractivity contribution in [1.29, 1.82) is 0 Å². The standard InChI is InChI=1S/C11H6Cl3N/c12-8-3-1-2-7(4-8)11-10(14)5-9(13)6-15-11/h1-6H. The van der Waals surface area contributed by atoms with Gasteiger partial charge in [0.15, 0.2) is 0 Å². The van der Waals surface area contributed by atoms with Crippen LogP contribution in [0.15, 0.2) is 36.5 Å². The molecule has 0 N–H and O–H groups in total. The van der Waals surface area contributed by atoms with E-state index in [0.717, 1.165) is 5.56 Å². The molecule has 0 fully saturated rings. The highest BCUT2D eigenvalue weighted by molar-refractivity contribution is 6.36. The molecule has 0 unspecified atom stereocenters. The maximum Gasteiger partial charge on any atom is 0.0889 e. The van der Waals surface area contributed by atoms with E-state index in [1.54, 1.807) is 18.3 Å². The summed E-state index contributed by atoms with van der Waals surface area (Å²) in [6.45, 7) is 0. The molecule has 0 aliphatic heterocycles. The highest BCUT2D eigenvalue weighted by Crippen LogP contribution is 2.29. The Kier molecular flexibility index (Phi) is 3.15. The van der Waals surface area contributed by atoms with Crippen LogP contribution in [0.25, 0.3) is 11.3 Å². The smallest absolute Gasteiger partial charge is 0.0889 e. The predicted octanol–water partition coefficient (Wildman–Crippen LogP) is 4.71. The van der Waals surface area contributed by atoms with Gasteiger partial charge in [-0.2, -0.15) is 0 Å². The second-order valence-corrected chi connectivity index (χ2v) is 4.27. The minimum Gasteiger partial charge on any atom is -0.253 e. The fourth-order valence-corrected chi connectivity index (χ4v) is 1.94. The maximum absolute atomic E-state index is 6.03. The van der Waals surface area contributed by atoms with Crippen LogP contribution in [0.3, 0.4) is 0 Å². The number of hydrogen-bond donors (Lipinski definition) is 0. The van der Waals surface area contributed by atoms with Gasteiger partial charge >= 0.3 is 0 Å². The molecule has 0 spiro atoms. The van der Waals surface area contributed by atoms with E-state index in [4.69, 9.17) is 34.8 Å². The van der Waals surface area contributed by atoms with Gasteiger partial charge in [0.1, 0.15) is 0 Å². The molecule has 0 saturated carbocycles. The Balaban J connectivity index is 2.54. The van der Waals surface area contributed by atoms with Crippen LogP contribution in [0.2, 0.25) is 15.1 Å². The number of benzene rings is 1. The molecule has 1 aromatic heterocycles. The lowest BCUT2D eigenvalue weighted by atomic mass is 10.1. The highest BCUT2D eigenvalue weighted by Gasteiger charge is 2.05. The Morgan fingerprint density at radius 2 is 1.73 bits per heavy atom. The fourth-order valence-electron chi connectivity index (χ4n) is 1.26. The maximum atomic E-state index is 6.03. The van der Waals surface area contributed by atoms with E-state index in [-0.39, 0.29) is 0 Å². The minimum atomic E-state index is 0.518. The molecular formula is C11H6Cl3N. The largest absolute Gasteiger partial charge is 0.253 e. The number of pyridine rings is 1. The molecule has 1 aromatic carbocycles. The molecule has 2 rings (SSSR count). The SMILES string of the molecule is Clc1cccc(-c2ncc(Cl)cc2Cl)c1. The molecule has 0 bridgehead atoms. The van der Waals surface area contributed by atoms with Crippen LogP contribution in [0.1, 0.15) is 0 Å². The third-order valence-electron chi connectivity index (χ3n) is 1.91. The predicted molar refractivity (Wildman–Crippen MR) is 64.7 cm³/mol. The van der Waals surface area contributed by atoms with Crippen LogP contribution in [-0.4, -0.2) is 4.98 Å². The lowest BCUT2D eigenvalue weighted by Crippen LogP contribution is -1.84. The summed E-state index contributed by atoms with van der Waals surface area (Å²) < 4.78 is 0. The van der Waals surface area contributed by atoms with Gasteiger partial charge in [-0.1, -0.05) is 46.9 Å². The topological polar surface area (TPSA) is 12.9 Å². The first-order chi connectivity index (χ1) is 7.16. The van der Waals surface area contributed by atoms with Crippen LogP contribution in [0.5, 0.6) is 0 Å². The number of aromatic nitrogens is 1. The molecule has 1 heterocycles. The normalized spacial score (nSPS) is 10.3. The summed E-state index contributed by atoms with van der Waals surface area (Å²) in [5.74, 6) is 0. The number of halogens is 3. The third kappa shape index (κ3) is 2.43. The average Bonchev–Trinajstić information content (AvgIpc) is 2.17. The summed E-state index contributed by atoms with van der Waals surface area (Å²) in [5.41, 5.74) is 1.56. The van der Waals surface area contributed by atoms with Gasteiger partial charge in [-0.25, -0.2) is 0 Å². The van der Waals surface area contributed by atoms with Crippen molar-refractivity contribution >= 4 is 34.8 Å². The van der Waals surface area contributed by atoms with Crippen molar-refractivity contribution in [2.24, 2.45) is 0 Å². The Morgan fingerprint density at radius 1 is 0.933 bits per heavy atom. The Bertz CT molecular complexity index is 497.